The van der Waals surface area contributed by atoms with Crippen LogP contribution in [0.4, 0.5) is 14.6 Å². The van der Waals surface area contributed by atoms with E-state index in [9.17, 15) is 13.6 Å². The smallest absolute Gasteiger partial charge is 0.262 e. The monoisotopic (exact) mass is 392 g/mol. The normalized spacial score (nSPS) is 10.7. The fraction of sp³-hybridized carbons (Fsp3) is 0.0476. The molecule has 8 heteroatoms. The Labute approximate surface area is 164 Å². The van der Waals surface area contributed by atoms with Crippen LogP contribution in [0.5, 0.6) is 0 Å². The Morgan fingerprint density at radius 3 is 2.28 bits per heavy atom. The van der Waals surface area contributed by atoms with Gasteiger partial charge in [0, 0.05) is 24.2 Å². The van der Waals surface area contributed by atoms with E-state index in [0.29, 0.717) is 11.8 Å². The van der Waals surface area contributed by atoms with Gasteiger partial charge in [-0.15, -0.1) is 10.2 Å². The zero-order valence-electron chi connectivity index (χ0n) is 15.2. The van der Waals surface area contributed by atoms with E-state index in [1.807, 2.05) is 24.3 Å². The Balaban J connectivity index is 1.60. The van der Waals surface area contributed by atoms with Crippen molar-refractivity contribution < 1.29 is 18.0 Å². The van der Waals surface area contributed by atoms with Crippen molar-refractivity contribution in [2.45, 2.75) is 6.92 Å². The van der Waals surface area contributed by atoms with Gasteiger partial charge >= 0.3 is 0 Å². The van der Waals surface area contributed by atoms with Crippen molar-refractivity contribution in [1.29, 1.82) is 0 Å². The van der Waals surface area contributed by atoms with Crippen LogP contribution in [0.1, 0.15) is 16.2 Å². The van der Waals surface area contributed by atoms with E-state index in [1.54, 1.807) is 19.1 Å². The molecule has 0 atom stereocenters. The second-order valence-corrected chi connectivity index (χ2v) is 6.15. The fourth-order valence-electron chi connectivity index (χ4n) is 2.85. The van der Waals surface area contributed by atoms with Crippen molar-refractivity contribution in [2.75, 3.05) is 5.32 Å². The minimum atomic E-state index is -0.942. The first kappa shape index (κ1) is 18.4. The maximum absolute atomic E-state index is 13.8. The Kier molecular flexibility index (Phi) is 4.82. The number of aryl methyl sites for hydroxylation is 1. The van der Waals surface area contributed by atoms with Crippen molar-refractivity contribution in [3.8, 4) is 22.6 Å². The van der Waals surface area contributed by atoms with Crippen molar-refractivity contribution in [2.24, 2.45) is 0 Å². The van der Waals surface area contributed by atoms with E-state index in [2.05, 4.69) is 20.5 Å². The predicted molar refractivity (Wildman–Crippen MR) is 102 cm³/mol. The number of carbonyl (C=O) groups excluding carboxylic acids is 1. The lowest BCUT2D eigenvalue weighted by atomic mass is 10.0. The van der Waals surface area contributed by atoms with Gasteiger partial charge in [-0.25, -0.2) is 13.8 Å². The number of halogens is 2. The second-order valence-electron chi connectivity index (χ2n) is 6.15. The average Bonchev–Trinajstić information content (AvgIpc) is 3.15. The summed E-state index contributed by atoms with van der Waals surface area (Å²) in [6, 6.07) is 13.9. The van der Waals surface area contributed by atoms with Gasteiger partial charge in [0.1, 0.15) is 23.0 Å². The first-order chi connectivity index (χ1) is 14.0. The van der Waals surface area contributed by atoms with Gasteiger partial charge in [-0.2, -0.15) is 0 Å². The van der Waals surface area contributed by atoms with Gasteiger partial charge in [0.05, 0.1) is 0 Å². The molecule has 4 aromatic rings. The number of rotatable bonds is 4. The number of benzene rings is 2. The van der Waals surface area contributed by atoms with Crippen LogP contribution in [-0.4, -0.2) is 21.1 Å². The van der Waals surface area contributed by atoms with Gasteiger partial charge in [0.15, 0.2) is 0 Å². The zero-order valence-corrected chi connectivity index (χ0v) is 15.2. The van der Waals surface area contributed by atoms with Crippen LogP contribution in [0, 0.1) is 18.6 Å². The van der Waals surface area contributed by atoms with E-state index in [-0.39, 0.29) is 5.82 Å². The molecule has 0 spiro atoms. The molecule has 2 aromatic carbocycles. The standard InChI is InChI=1S/C21H14F2N4O2/c1-12-26-27-21(29-12)15-6-3-2-5-14(15)13-9-10-18(24-11-13)25-20(28)19-16(22)7-4-8-17(19)23/h2-11H,1H3,(H,24,25,28). The minimum absolute atomic E-state index is 0.160. The molecule has 0 saturated heterocycles. The third-order valence-electron chi connectivity index (χ3n) is 4.19. The van der Waals surface area contributed by atoms with Gasteiger partial charge in [-0.3, -0.25) is 4.79 Å². The molecule has 1 amide bonds. The summed E-state index contributed by atoms with van der Waals surface area (Å²) in [5.74, 6) is -1.81. The molecule has 1 N–H and O–H groups in total. The lowest BCUT2D eigenvalue weighted by molar-refractivity contribution is 0.101. The highest BCUT2D eigenvalue weighted by Crippen LogP contribution is 2.31. The summed E-state index contributed by atoms with van der Waals surface area (Å²) in [7, 11) is 0. The topological polar surface area (TPSA) is 80.9 Å². The van der Waals surface area contributed by atoms with Gasteiger partial charge in [0.2, 0.25) is 11.8 Å². The summed E-state index contributed by atoms with van der Waals surface area (Å²) >= 11 is 0. The third kappa shape index (κ3) is 3.73. The quantitative estimate of drug-likeness (QED) is 0.547. The Bertz CT molecular complexity index is 1170. The lowest BCUT2D eigenvalue weighted by Gasteiger charge is -2.09. The molecule has 0 aliphatic carbocycles. The molecule has 0 fully saturated rings. The van der Waals surface area contributed by atoms with Gasteiger partial charge in [0.25, 0.3) is 5.91 Å². The summed E-state index contributed by atoms with van der Waals surface area (Å²) in [4.78, 5) is 16.4. The van der Waals surface area contributed by atoms with Crippen molar-refractivity contribution in [1.82, 2.24) is 15.2 Å². The number of hydrogen-bond donors (Lipinski definition) is 1. The number of nitrogens with zero attached hydrogens (tertiary/aromatic N) is 3. The summed E-state index contributed by atoms with van der Waals surface area (Å²) in [6.45, 7) is 1.70. The maximum Gasteiger partial charge on any atom is 0.262 e. The number of aromatic nitrogens is 3. The molecule has 2 aromatic heterocycles. The SMILES string of the molecule is Cc1nnc(-c2ccccc2-c2ccc(NC(=O)c3c(F)cccc3F)nc2)o1. The predicted octanol–water partition coefficient (Wildman–Crippen LogP) is 4.64. The highest BCUT2D eigenvalue weighted by Gasteiger charge is 2.18. The Morgan fingerprint density at radius 2 is 1.66 bits per heavy atom. The Morgan fingerprint density at radius 1 is 0.931 bits per heavy atom. The molecule has 0 saturated carbocycles. The van der Waals surface area contributed by atoms with Crippen LogP contribution in [0.2, 0.25) is 0 Å². The van der Waals surface area contributed by atoms with Crippen LogP contribution in [-0.2, 0) is 0 Å². The average molecular weight is 392 g/mol. The first-order valence-corrected chi connectivity index (χ1v) is 8.64. The number of hydrogen-bond acceptors (Lipinski definition) is 5. The molecule has 29 heavy (non-hydrogen) atoms. The van der Waals surface area contributed by atoms with Crippen molar-refractivity contribution >= 4 is 11.7 Å². The van der Waals surface area contributed by atoms with Crippen molar-refractivity contribution in [3.05, 3.63) is 83.9 Å². The highest BCUT2D eigenvalue weighted by atomic mass is 19.1. The van der Waals surface area contributed by atoms with Gasteiger partial charge in [-0.05, 0) is 35.9 Å². The van der Waals surface area contributed by atoms with Crippen LogP contribution in [0.3, 0.4) is 0 Å². The third-order valence-corrected chi connectivity index (χ3v) is 4.19. The molecule has 0 unspecified atom stereocenters. The van der Waals surface area contributed by atoms with Gasteiger partial charge < -0.3 is 9.73 Å². The number of pyridine rings is 1. The highest BCUT2D eigenvalue weighted by molar-refractivity contribution is 6.04. The zero-order chi connectivity index (χ0) is 20.4. The van der Waals surface area contributed by atoms with Gasteiger partial charge in [-0.1, -0.05) is 24.3 Å². The molecule has 2 heterocycles. The number of nitrogens with one attached hydrogen (secondary N) is 1. The summed E-state index contributed by atoms with van der Waals surface area (Å²) < 4.78 is 33.0. The molecule has 4 rings (SSSR count). The molecule has 144 valence electrons. The van der Waals surface area contributed by atoms with Crippen molar-refractivity contribution in [3.63, 3.8) is 0 Å². The summed E-state index contributed by atoms with van der Waals surface area (Å²) in [5.41, 5.74) is 1.63. The van der Waals surface area contributed by atoms with E-state index < -0.39 is 23.1 Å². The molecule has 0 bridgehead atoms. The van der Waals surface area contributed by atoms with Crippen LogP contribution < -0.4 is 5.32 Å². The second kappa shape index (κ2) is 7.59. The number of carbonyl (C=O) groups is 1. The largest absolute Gasteiger partial charge is 0.421 e. The van der Waals surface area contributed by atoms with E-state index in [0.717, 1.165) is 28.8 Å². The van der Waals surface area contributed by atoms with E-state index >= 15 is 0 Å². The number of amides is 1. The molecular formula is C21H14F2N4O2. The molecule has 0 aliphatic heterocycles. The van der Waals surface area contributed by atoms with Crippen LogP contribution in [0.25, 0.3) is 22.6 Å². The minimum Gasteiger partial charge on any atom is -0.421 e. The molecule has 0 aliphatic rings. The van der Waals surface area contributed by atoms with E-state index in [4.69, 9.17) is 4.42 Å². The molecule has 6 nitrogen and oxygen atoms in total. The maximum atomic E-state index is 13.8. The van der Waals surface area contributed by atoms with E-state index in [1.165, 1.54) is 12.3 Å². The summed E-state index contributed by atoms with van der Waals surface area (Å²) in [6.07, 6.45) is 1.54. The lowest BCUT2D eigenvalue weighted by Crippen LogP contribution is -2.16. The fourth-order valence-corrected chi connectivity index (χ4v) is 2.85. The first-order valence-electron chi connectivity index (χ1n) is 8.64. The summed E-state index contributed by atoms with van der Waals surface area (Å²) in [5, 5.41) is 10.3. The van der Waals surface area contributed by atoms with Crippen LogP contribution >= 0.6 is 0 Å². The Hall–Kier alpha value is -3.94. The molecular weight excluding hydrogens is 378 g/mol. The number of anilines is 1. The van der Waals surface area contributed by atoms with Crippen LogP contribution in [0.15, 0.2) is 65.2 Å². The molecule has 0 radical (unpaired) electrons.